The smallest absolute Gasteiger partial charge is 0.192 e. The fraction of sp³-hybridized carbons (Fsp3) is 0.872. The molecular weight excluding hydrogens is 701 g/mol. The first-order chi connectivity index (χ1) is 25.0. The van der Waals surface area contributed by atoms with Gasteiger partial charge in [0.25, 0.3) is 0 Å². The second-order valence-corrected chi connectivity index (χ2v) is 31.5. The van der Waals surface area contributed by atoms with Crippen molar-refractivity contribution in [2.24, 2.45) is 28.6 Å². The second-order valence-electron chi connectivity index (χ2n) is 22.0. The van der Waals surface area contributed by atoms with E-state index in [2.05, 4.69) is 101 Å². The van der Waals surface area contributed by atoms with Gasteiger partial charge in [-0.05, 0) is 141 Å². The van der Waals surface area contributed by atoms with E-state index in [0.29, 0.717) is 25.0 Å². The third kappa shape index (κ3) is 9.18. The van der Waals surface area contributed by atoms with Gasteiger partial charge in [0.1, 0.15) is 0 Å². The van der Waals surface area contributed by atoms with Crippen LogP contribution in [0.2, 0.25) is 36.3 Å². The Kier molecular flexibility index (Phi) is 13.7. The first-order valence-electron chi connectivity index (χ1n) is 22.4. The summed E-state index contributed by atoms with van der Waals surface area (Å²) in [6, 6.07) is 0. The standard InChI is InChI=1S/C47H84O5Si2/c1-15-16-17-26-47(49-30-31-50-47)46(28-29-46)27-24-41(48)35(3)39-22-23-40-36(19-18-25-45(39,40)10)20-21-37-32-38(51-53(11,12)43(4,5)6)33-42(34(37)2)52-54(13,14)44(7,8)9/h20-21,35,38-42,48H,2,15-19,22-33H2,1,3-14H3/b36-20+,37-21-/t35-,38+,39+,40-,41-,42-,45+/m0/s1. The largest absolute Gasteiger partial charge is 0.413 e. The lowest BCUT2D eigenvalue weighted by Crippen LogP contribution is -2.49. The summed E-state index contributed by atoms with van der Waals surface area (Å²) < 4.78 is 27.1. The molecule has 0 unspecified atom stereocenters. The zero-order chi connectivity index (χ0) is 40.0. The highest BCUT2D eigenvalue weighted by Gasteiger charge is 2.62. The van der Waals surface area contributed by atoms with Crippen LogP contribution in [-0.4, -0.2) is 59.1 Å². The van der Waals surface area contributed by atoms with Crippen molar-refractivity contribution < 1.29 is 23.4 Å². The summed E-state index contributed by atoms with van der Waals surface area (Å²) >= 11 is 0. The lowest BCUT2D eigenvalue weighted by atomic mass is 9.60. The van der Waals surface area contributed by atoms with Crippen molar-refractivity contribution in [3.8, 4) is 0 Å². The molecule has 1 N–H and O–H groups in total. The third-order valence-corrected chi connectivity index (χ3v) is 25.5. The molecule has 0 aromatic rings. The predicted molar refractivity (Wildman–Crippen MR) is 232 cm³/mol. The Morgan fingerprint density at radius 2 is 1.54 bits per heavy atom. The van der Waals surface area contributed by atoms with Gasteiger partial charge in [0.05, 0.1) is 31.5 Å². The van der Waals surface area contributed by atoms with E-state index in [1.165, 1.54) is 68.9 Å². The summed E-state index contributed by atoms with van der Waals surface area (Å²) in [5, 5.41) is 12.2. The van der Waals surface area contributed by atoms with E-state index in [9.17, 15) is 5.11 Å². The third-order valence-electron chi connectivity index (χ3n) is 16.5. The summed E-state index contributed by atoms with van der Waals surface area (Å²) in [5.74, 6) is 0.991. The van der Waals surface area contributed by atoms with Gasteiger partial charge in [0.2, 0.25) is 0 Å². The molecule has 5 nitrogen and oxygen atoms in total. The molecule has 7 atom stereocenters. The lowest BCUT2D eigenvalue weighted by molar-refractivity contribution is -0.215. The van der Waals surface area contributed by atoms with Crippen LogP contribution >= 0.6 is 0 Å². The van der Waals surface area contributed by atoms with Crippen molar-refractivity contribution in [2.75, 3.05) is 13.2 Å². The minimum absolute atomic E-state index is 0.00155. The summed E-state index contributed by atoms with van der Waals surface area (Å²) in [6.45, 7) is 36.9. The number of aliphatic hydroxyl groups excluding tert-OH is 1. The van der Waals surface area contributed by atoms with Crippen molar-refractivity contribution >= 4 is 16.6 Å². The number of ether oxygens (including phenoxy) is 2. The van der Waals surface area contributed by atoms with E-state index < -0.39 is 22.4 Å². The Hall–Kier alpha value is -0.546. The molecule has 5 rings (SSSR count). The Balaban J connectivity index is 1.30. The predicted octanol–water partition coefficient (Wildman–Crippen LogP) is 13.1. The number of hydrogen-bond donors (Lipinski definition) is 1. The van der Waals surface area contributed by atoms with E-state index in [1.54, 1.807) is 5.57 Å². The van der Waals surface area contributed by atoms with E-state index in [-0.39, 0.29) is 45.1 Å². The van der Waals surface area contributed by atoms with Crippen LogP contribution in [0.3, 0.4) is 0 Å². The molecule has 0 radical (unpaired) electrons. The maximum atomic E-state index is 11.9. The fourth-order valence-electron chi connectivity index (χ4n) is 10.6. The highest BCUT2D eigenvalue weighted by molar-refractivity contribution is 6.74. The molecule has 54 heavy (non-hydrogen) atoms. The number of unbranched alkanes of at least 4 members (excludes halogenated alkanes) is 2. The van der Waals surface area contributed by atoms with Crippen LogP contribution in [0.15, 0.2) is 35.5 Å². The molecule has 0 aromatic heterocycles. The summed E-state index contributed by atoms with van der Waals surface area (Å²) in [7, 11) is -3.97. The first-order valence-corrected chi connectivity index (χ1v) is 28.2. The Morgan fingerprint density at radius 3 is 2.13 bits per heavy atom. The van der Waals surface area contributed by atoms with Gasteiger partial charge in [-0.1, -0.05) is 99.5 Å². The number of allylic oxidation sites excluding steroid dienone is 3. The SMILES string of the molecule is C=C1/C(=C\C=C2/CCC[C@]3(C)[C@@H]([C@H](C)[C@@H](O)CCC4(C5(CCCCC)OCCO5)CC4)CC[C@@H]23)C[C@@H](O[Si](C)(C)C(C)(C)C)C[C@@H]1O[Si](C)(C)C(C)(C)C. The maximum Gasteiger partial charge on any atom is 0.192 e. The van der Waals surface area contributed by atoms with Crippen LogP contribution in [0.4, 0.5) is 0 Å². The lowest BCUT2D eigenvalue weighted by Gasteiger charge is -2.46. The van der Waals surface area contributed by atoms with Gasteiger partial charge in [-0.3, -0.25) is 0 Å². The summed E-state index contributed by atoms with van der Waals surface area (Å²) in [5.41, 5.74) is 4.43. The second kappa shape index (κ2) is 16.6. The van der Waals surface area contributed by atoms with E-state index in [0.717, 1.165) is 38.5 Å². The average Bonchev–Trinajstić information content (AvgIpc) is 3.56. The molecule has 0 spiro atoms. The summed E-state index contributed by atoms with van der Waals surface area (Å²) in [4.78, 5) is 0. The number of rotatable bonds is 15. The van der Waals surface area contributed by atoms with Crippen LogP contribution in [0.5, 0.6) is 0 Å². The van der Waals surface area contributed by atoms with Crippen LogP contribution in [0.25, 0.3) is 0 Å². The normalized spacial score (nSPS) is 33.0. The van der Waals surface area contributed by atoms with Crippen molar-refractivity contribution in [1.82, 2.24) is 0 Å². The van der Waals surface area contributed by atoms with Gasteiger partial charge in [-0.2, -0.15) is 0 Å². The molecule has 4 aliphatic carbocycles. The van der Waals surface area contributed by atoms with Crippen LogP contribution in [0.1, 0.15) is 159 Å². The van der Waals surface area contributed by atoms with Gasteiger partial charge < -0.3 is 23.4 Å². The number of aliphatic hydroxyl groups is 1. The van der Waals surface area contributed by atoms with E-state index >= 15 is 0 Å². The zero-order valence-electron chi connectivity index (χ0n) is 37.4. The molecular formula is C47H84O5Si2. The topological polar surface area (TPSA) is 57.2 Å². The van der Waals surface area contributed by atoms with Gasteiger partial charge >= 0.3 is 0 Å². The van der Waals surface area contributed by atoms with E-state index in [4.69, 9.17) is 24.9 Å². The molecule has 4 saturated carbocycles. The van der Waals surface area contributed by atoms with Crippen molar-refractivity contribution in [1.29, 1.82) is 0 Å². The average molecular weight is 785 g/mol. The Morgan fingerprint density at radius 1 is 0.907 bits per heavy atom. The molecule has 310 valence electrons. The summed E-state index contributed by atoms with van der Waals surface area (Å²) in [6.07, 6.45) is 21.5. The molecule has 1 heterocycles. The Labute approximate surface area is 335 Å². The number of hydrogen-bond acceptors (Lipinski definition) is 5. The zero-order valence-corrected chi connectivity index (χ0v) is 39.4. The fourth-order valence-corrected chi connectivity index (χ4v) is 13.3. The maximum absolute atomic E-state index is 11.9. The minimum atomic E-state index is -2.01. The van der Waals surface area contributed by atoms with Crippen molar-refractivity contribution in [3.63, 3.8) is 0 Å². The van der Waals surface area contributed by atoms with Gasteiger partial charge in [-0.15, -0.1) is 0 Å². The molecule has 5 fully saturated rings. The van der Waals surface area contributed by atoms with Crippen LogP contribution in [-0.2, 0) is 18.3 Å². The highest BCUT2D eigenvalue weighted by atomic mass is 28.4. The Bertz CT molecular complexity index is 1360. The number of fused-ring (bicyclic) bond motifs is 1. The van der Waals surface area contributed by atoms with Gasteiger partial charge in [0, 0.05) is 18.3 Å². The van der Waals surface area contributed by atoms with Crippen LogP contribution < -0.4 is 0 Å². The molecule has 0 aromatic carbocycles. The molecule has 5 aliphatic rings. The van der Waals surface area contributed by atoms with Crippen molar-refractivity contribution in [2.45, 2.75) is 219 Å². The monoisotopic (exact) mass is 785 g/mol. The van der Waals surface area contributed by atoms with E-state index in [1.807, 2.05) is 0 Å². The van der Waals surface area contributed by atoms with Crippen molar-refractivity contribution in [3.05, 3.63) is 35.5 Å². The molecule has 1 saturated heterocycles. The minimum Gasteiger partial charge on any atom is -0.413 e. The first kappa shape index (κ1) is 44.6. The van der Waals surface area contributed by atoms with Gasteiger partial charge in [0.15, 0.2) is 22.4 Å². The molecule has 7 heteroatoms. The molecule has 0 amide bonds. The van der Waals surface area contributed by atoms with Gasteiger partial charge in [-0.25, -0.2) is 0 Å². The quantitative estimate of drug-likeness (QED) is 0.132. The van der Waals surface area contributed by atoms with Crippen LogP contribution in [0, 0.1) is 28.6 Å². The highest BCUT2D eigenvalue weighted by Crippen LogP contribution is 2.63. The molecule has 1 aliphatic heterocycles. The molecule has 0 bridgehead atoms.